The smallest absolute Gasteiger partial charge is 0.325 e. The van der Waals surface area contributed by atoms with Crippen LogP contribution in [0, 0.1) is 12.8 Å². The molecular formula is C23H33N3O4. The molecule has 0 bridgehead atoms. The van der Waals surface area contributed by atoms with Crippen LogP contribution in [0.25, 0.3) is 0 Å². The Hall–Kier alpha value is -2.57. The quantitative estimate of drug-likeness (QED) is 0.529. The molecule has 7 nitrogen and oxygen atoms in total. The molecule has 1 aromatic carbocycles. The second-order valence-electron chi connectivity index (χ2n) is 8.83. The molecule has 164 valence electrons. The van der Waals surface area contributed by atoms with Crippen LogP contribution < -0.4 is 15.4 Å². The Kier molecular flexibility index (Phi) is 6.68. The number of urea groups is 1. The molecule has 2 fully saturated rings. The highest BCUT2D eigenvalue weighted by Crippen LogP contribution is 2.38. The summed E-state index contributed by atoms with van der Waals surface area (Å²) < 4.78 is 5.87. The van der Waals surface area contributed by atoms with Crippen LogP contribution in [-0.4, -0.2) is 48.0 Å². The molecule has 7 heteroatoms. The Labute approximate surface area is 178 Å². The predicted octanol–water partition coefficient (Wildman–Crippen LogP) is 3.11. The zero-order chi connectivity index (χ0) is 21.9. The van der Waals surface area contributed by atoms with E-state index in [0.717, 1.165) is 41.0 Å². The van der Waals surface area contributed by atoms with Gasteiger partial charge in [-0.2, -0.15) is 0 Å². The Bertz CT molecular complexity index is 823. The first-order chi connectivity index (χ1) is 14.2. The number of nitrogens with zero attached hydrogens (tertiary/aromatic N) is 1. The van der Waals surface area contributed by atoms with Gasteiger partial charge >= 0.3 is 6.03 Å². The van der Waals surface area contributed by atoms with Crippen molar-refractivity contribution in [3.8, 4) is 5.75 Å². The molecule has 1 heterocycles. The fourth-order valence-electron chi connectivity index (χ4n) is 4.43. The number of carbonyl (C=O) groups is 3. The topological polar surface area (TPSA) is 87.7 Å². The van der Waals surface area contributed by atoms with Crippen LogP contribution in [-0.2, 0) is 9.59 Å². The van der Waals surface area contributed by atoms with Crippen LogP contribution in [0.1, 0.15) is 63.5 Å². The van der Waals surface area contributed by atoms with Crippen molar-refractivity contribution in [2.75, 3.05) is 19.7 Å². The van der Waals surface area contributed by atoms with Crippen LogP contribution in [0.15, 0.2) is 18.2 Å². The maximum atomic E-state index is 12.9. The molecule has 0 aromatic heterocycles. The molecular weight excluding hydrogens is 382 g/mol. The van der Waals surface area contributed by atoms with Gasteiger partial charge in [-0.15, -0.1) is 0 Å². The van der Waals surface area contributed by atoms with Crippen LogP contribution in [0.5, 0.6) is 5.75 Å². The van der Waals surface area contributed by atoms with Gasteiger partial charge in [-0.05, 0) is 48.8 Å². The van der Waals surface area contributed by atoms with Crippen molar-refractivity contribution in [2.45, 2.75) is 64.8 Å². The molecule has 0 radical (unpaired) electrons. The number of nitrogens with one attached hydrogen (secondary N) is 2. The van der Waals surface area contributed by atoms with Crippen LogP contribution in [0.3, 0.4) is 0 Å². The number of benzene rings is 1. The van der Waals surface area contributed by atoms with E-state index in [4.69, 9.17) is 4.74 Å². The van der Waals surface area contributed by atoms with Gasteiger partial charge in [-0.25, -0.2) is 4.79 Å². The lowest BCUT2D eigenvalue weighted by Crippen LogP contribution is -2.54. The van der Waals surface area contributed by atoms with Gasteiger partial charge in [0.15, 0.2) is 0 Å². The Morgan fingerprint density at radius 2 is 2.10 bits per heavy atom. The SMILES string of the molecule is Cc1ccc(C(C)C)c(OCCNC(=O)CN2C(=O)NC3(CCCCC3C)C2=O)c1. The van der Waals surface area contributed by atoms with Crippen LogP contribution >= 0.6 is 0 Å². The molecule has 2 atom stereocenters. The molecule has 2 unspecified atom stereocenters. The van der Waals surface area contributed by atoms with E-state index >= 15 is 0 Å². The monoisotopic (exact) mass is 415 g/mol. The first kappa shape index (κ1) is 22.1. The van der Waals surface area contributed by atoms with E-state index in [9.17, 15) is 14.4 Å². The maximum absolute atomic E-state index is 12.9. The van der Waals surface area contributed by atoms with Gasteiger partial charge in [0.2, 0.25) is 5.91 Å². The van der Waals surface area contributed by atoms with E-state index in [1.54, 1.807) is 0 Å². The summed E-state index contributed by atoms with van der Waals surface area (Å²) >= 11 is 0. The molecule has 3 rings (SSSR count). The predicted molar refractivity (Wildman–Crippen MR) is 114 cm³/mol. The third-order valence-electron chi connectivity index (χ3n) is 6.28. The molecule has 2 N–H and O–H groups in total. The summed E-state index contributed by atoms with van der Waals surface area (Å²) in [6.45, 7) is 8.58. The van der Waals surface area contributed by atoms with Gasteiger partial charge in [0.05, 0.1) is 6.54 Å². The Morgan fingerprint density at radius 1 is 1.33 bits per heavy atom. The molecule has 1 saturated heterocycles. The van der Waals surface area contributed by atoms with Crippen LogP contribution in [0.2, 0.25) is 0 Å². The summed E-state index contributed by atoms with van der Waals surface area (Å²) in [6.07, 6.45) is 3.51. The number of aryl methyl sites for hydroxylation is 1. The zero-order valence-electron chi connectivity index (χ0n) is 18.4. The summed E-state index contributed by atoms with van der Waals surface area (Å²) in [7, 11) is 0. The highest BCUT2D eigenvalue weighted by molar-refractivity contribution is 6.09. The van der Waals surface area contributed by atoms with E-state index in [0.29, 0.717) is 25.5 Å². The van der Waals surface area contributed by atoms with Gasteiger partial charge in [0.1, 0.15) is 24.4 Å². The van der Waals surface area contributed by atoms with E-state index in [2.05, 4.69) is 36.6 Å². The number of amides is 4. The minimum atomic E-state index is -0.836. The maximum Gasteiger partial charge on any atom is 0.325 e. The average Bonchev–Trinajstić information content (AvgIpc) is 2.92. The molecule has 1 spiro atoms. The second-order valence-corrected chi connectivity index (χ2v) is 8.83. The standard InChI is InChI=1S/C23H33N3O4/c1-15(2)18-9-8-16(3)13-19(18)30-12-11-24-20(27)14-26-21(28)23(25-22(26)29)10-6-5-7-17(23)4/h8-9,13,15,17H,5-7,10-12,14H2,1-4H3,(H,24,27)(H,25,29). The van der Waals surface area contributed by atoms with Crippen molar-refractivity contribution >= 4 is 17.8 Å². The Balaban J connectivity index is 1.50. The summed E-state index contributed by atoms with van der Waals surface area (Å²) in [6, 6.07) is 5.65. The lowest BCUT2D eigenvalue weighted by atomic mass is 9.73. The minimum Gasteiger partial charge on any atom is -0.491 e. The van der Waals surface area contributed by atoms with E-state index in [1.165, 1.54) is 0 Å². The van der Waals surface area contributed by atoms with Gasteiger partial charge < -0.3 is 15.4 Å². The number of imide groups is 1. The van der Waals surface area contributed by atoms with Crippen molar-refractivity contribution in [2.24, 2.45) is 5.92 Å². The summed E-state index contributed by atoms with van der Waals surface area (Å²) in [5.41, 5.74) is 1.40. The largest absolute Gasteiger partial charge is 0.491 e. The average molecular weight is 416 g/mol. The van der Waals surface area contributed by atoms with Crippen molar-refractivity contribution in [1.29, 1.82) is 0 Å². The summed E-state index contributed by atoms with van der Waals surface area (Å²) in [5.74, 6) is 0.600. The van der Waals surface area contributed by atoms with Gasteiger partial charge in [-0.1, -0.05) is 45.7 Å². The number of carbonyl (C=O) groups excluding carboxylic acids is 3. The number of ether oxygens (including phenoxy) is 1. The molecule has 4 amide bonds. The highest BCUT2D eigenvalue weighted by atomic mass is 16.5. The lowest BCUT2D eigenvalue weighted by Gasteiger charge is -2.36. The zero-order valence-corrected chi connectivity index (χ0v) is 18.4. The molecule has 1 aromatic rings. The van der Waals surface area contributed by atoms with E-state index < -0.39 is 11.6 Å². The first-order valence-corrected chi connectivity index (χ1v) is 10.9. The molecule has 30 heavy (non-hydrogen) atoms. The van der Waals surface area contributed by atoms with Crippen LogP contribution in [0.4, 0.5) is 4.79 Å². The second kappa shape index (κ2) is 9.06. The third kappa shape index (κ3) is 4.45. The fraction of sp³-hybridized carbons (Fsp3) is 0.609. The number of hydrogen-bond acceptors (Lipinski definition) is 4. The molecule has 1 aliphatic heterocycles. The fourth-order valence-corrected chi connectivity index (χ4v) is 4.43. The van der Waals surface area contributed by atoms with Crippen molar-refractivity contribution < 1.29 is 19.1 Å². The summed E-state index contributed by atoms with van der Waals surface area (Å²) in [4.78, 5) is 38.7. The number of hydrogen-bond donors (Lipinski definition) is 2. The molecule has 2 aliphatic rings. The minimum absolute atomic E-state index is 0.0774. The normalized spacial score (nSPS) is 23.8. The van der Waals surface area contributed by atoms with E-state index in [-0.39, 0.29) is 24.3 Å². The lowest BCUT2D eigenvalue weighted by molar-refractivity contribution is -0.137. The Morgan fingerprint density at radius 3 is 2.80 bits per heavy atom. The summed E-state index contributed by atoms with van der Waals surface area (Å²) in [5, 5.41) is 5.62. The van der Waals surface area contributed by atoms with Gasteiger partial charge in [0, 0.05) is 0 Å². The first-order valence-electron chi connectivity index (χ1n) is 10.9. The van der Waals surface area contributed by atoms with Crippen molar-refractivity contribution in [3.05, 3.63) is 29.3 Å². The van der Waals surface area contributed by atoms with Crippen molar-refractivity contribution in [3.63, 3.8) is 0 Å². The van der Waals surface area contributed by atoms with Crippen molar-refractivity contribution in [1.82, 2.24) is 15.5 Å². The highest BCUT2D eigenvalue weighted by Gasteiger charge is 2.55. The van der Waals surface area contributed by atoms with E-state index in [1.807, 2.05) is 19.9 Å². The van der Waals surface area contributed by atoms with Gasteiger partial charge in [-0.3, -0.25) is 14.5 Å². The van der Waals surface area contributed by atoms with Gasteiger partial charge in [0.25, 0.3) is 5.91 Å². The molecule has 1 aliphatic carbocycles. The molecule has 1 saturated carbocycles. The third-order valence-corrected chi connectivity index (χ3v) is 6.28. The number of rotatable bonds is 7.